The Kier molecular flexibility index (Phi) is 6.14. The zero-order valence-corrected chi connectivity index (χ0v) is 16.0. The van der Waals surface area contributed by atoms with Gasteiger partial charge in [-0.05, 0) is 38.1 Å². The molecule has 7 nitrogen and oxygen atoms in total. The van der Waals surface area contributed by atoms with Gasteiger partial charge in [0, 0.05) is 13.1 Å². The molecule has 0 bridgehead atoms. The lowest BCUT2D eigenvalue weighted by atomic mass is 10.3. The van der Waals surface area contributed by atoms with Gasteiger partial charge in [0.15, 0.2) is 6.61 Å². The van der Waals surface area contributed by atoms with Crippen LogP contribution in [0.25, 0.3) is 0 Å². The highest BCUT2D eigenvalue weighted by Crippen LogP contribution is 2.23. The van der Waals surface area contributed by atoms with Gasteiger partial charge < -0.3 is 4.74 Å². The van der Waals surface area contributed by atoms with Gasteiger partial charge >= 0.3 is 0 Å². The number of ether oxygens (including phenoxy) is 1. The molecule has 2 aromatic rings. The maximum Gasteiger partial charge on any atom is 0.285 e. The van der Waals surface area contributed by atoms with Crippen LogP contribution in [-0.2, 0) is 10.0 Å². The molecule has 0 amide bonds. The van der Waals surface area contributed by atoms with E-state index in [1.807, 2.05) is 0 Å². The minimum atomic E-state index is -3.73. The van der Waals surface area contributed by atoms with Crippen LogP contribution in [0.5, 0.6) is 5.75 Å². The molecule has 0 aliphatic carbocycles. The summed E-state index contributed by atoms with van der Waals surface area (Å²) in [5, 5.41) is 4.08. The maximum absolute atomic E-state index is 12.9. The molecule has 2 rings (SSSR count). The largest absolute Gasteiger partial charge is 0.484 e. The van der Waals surface area contributed by atoms with Crippen molar-refractivity contribution in [3.8, 4) is 5.75 Å². The summed E-state index contributed by atoms with van der Waals surface area (Å²) in [6.45, 7) is 6.88. The first kappa shape index (κ1) is 20.1. The highest BCUT2D eigenvalue weighted by atomic mass is 32.2. The molecule has 0 N–H and O–H groups in total. The van der Waals surface area contributed by atoms with Crippen molar-refractivity contribution in [3.63, 3.8) is 0 Å². The number of carbonyl (C=O) groups excluding carboxylic acids is 1. The molecule has 0 fully saturated rings. The number of benzene rings is 1. The molecule has 0 aliphatic rings. The van der Waals surface area contributed by atoms with E-state index in [-0.39, 0.29) is 22.9 Å². The van der Waals surface area contributed by atoms with E-state index in [9.17, 15) is 17.6 Å². The van der Waals surface area contributed by atoms with Crippen molar-refractivity contribution in [1.29, 1.82) is 0 Å². The van der Waals surface area contributed by atoms with Gasteiger partial charge in [0.2, 0.25) is 10.0 Å². The van der Waals surface area contributed by atoms with E-state index >= 15 is 0 Å². The lowest BCUT2D eigenvalue weighted by molar-refractivity contribution is 0.0818. The second-order valence-electron chi connectivity index (χ2n) is 5.64. The Hall–Kier alpha value is -2.26. The van der Waals surface area contributed by atoms with Crippen LogP contribution in [0, 0.1) is 19.7 Å². The van der Waals surface area contributed by atoms with Crippen molar-refractivity contribution in [3.05, 3.63) is 41.5 Å². The van der Waals surface area contributed by atoms with Gasteiger partial charge in [-0.1, -0.05) is 13.8 Å². The van der Waals surface area contributed by atoms with E-state index in [1.54, 1.807) is 20.8 Å². The first-order valence-electron chi connectivity index (χ1n) is 8.20. The molecule has 0 unspecified atom stereocenters. The van der Waals surface area contributed by atoms with E-state index in [0.29, 0.717) is 18.8 Å². The van der Waals surface area contributed by atoms with Crippen LogP contribution in [-0.4, -0.2) is 48.1 Å². The topological polar surface area (TPSA) is 81.5 Å². The average Bonchev–Trinajstić information content (AvgIpc) is 2.90. The summed E-state index contributed by atoms with van der Waals surface area (Å²) in [7, 11) is -3.73. The van der Waals surface area contributed by atoms with Crippen molar-refractivity contribution >= 4 is 15.9 Å². The van der Waals surface area contributed by atoms with Crippen LogP contribution >= 0.6 is 0 Å². The molecule has 0 saturated heterocycles. The lowest BCUT2D eigenvalue weighted by Crippen LogP contribution is -2.31. The van der Waals surface area contributed by atoms with Crippen LogP contribution in [0.15, 0.2) is 29.2 Å². The minimum Gasteiger partial charge on any atom is -0.484 e. The maximum atomic E-state index is 12.9. The third-order valence-corrected chi connectivity index (χ3v) is 6.24. The van der Waals surface area contributed by atoms with Crippen molar-refractivity contribution in [1.82, 2.24) is 14.1 Å². The summed E-state index contributed by atoms with van der Waals surface area (Å²) in [6, 6.07) is 5.25. The number of nitrogens with zero attached hydrogens (tertiary/aromatic N) is 3. The van der Waals surface area contributed by atoms with E-state index in [2.05, 4.69) is 5.10 Å². The number of sulfonamides is 1. The molecule has 26 heavy (non-hydrogen) atoms. The monoisotopic (exact) mass is 383 g/mol. The molecule has 0 radical (unpaired) electrons. The Morgan fingerprint density at radius 3 is 2.31 bits per heavy atom. The zero-order chi connectivity index (χ0) is 19.5. The standard InChI is InChI=1S/C17H22FN3O4S/c1-5-20(6-2)26(23,24)17-12(3)19-21(13(17)4)16(22)11-25-15-9-7-14(18)8-10-15/h7-10H,5-6,11H2,1-4H3. The predicted octanol–water partition coefficient (Wildman–Crippen LogP) is 2.39. The normalized spacial score (nSPS) is 11.8. The molecule has 9 heteroatoms. The summed E-state index contributed by atoms with van der Waals surface area (Å²) < 4.78 is 46.1. The molecule has 1 aromatic heterocycles. The fourth-order valence-electron chi connectivity index (χ4n) is 2.67. The van der Waals surface area contributed by atoms with Crippen LogP contribution in [0.4, 0.5) is 4.39 Å². The second-order valence-corrected chi connectivity index (χ2v) is 7.51. The van der Waals surface area contributed by atoms with Gasteiger partial charge in [0.25, 0.3) is 5.91 Å². The van der Waals surface area contributed by atoms with Gasteiger partial charge in [0.05, 0.1) is 11.4 Å². The molecule has 0 saturated carbocycles. The molecule has 1 aromatic carbocycles. The van der Waals surface area contributed by atoms with Crippen molar-refractivity contribution < 1.29 is 22.3 Å². The molecule has 1 heterocycles. The Morgan fingerprint density at radius 2 is 1.77 bits per heavy atom. The van der Waals surface area contributed by atoms with Gasteiger partial charge in [-0.2, -0.15) is 9.40 Å². The predicted molar refractivity (Wildman–Crippen MR) is 94.3 cm³/mol. The number of hydrogen-bond donors (Lipinski definition) is 0. The summed E-state index contributed by atoms with van der Waals surface area (Å²) >= 11 is 0. The average molecular weight is 383 g/mol. The second kappa shape index (κ2) is 7.96. The van der Waals surface area contributed by atoms with E-state index in [4.69, 9.17) is 4.74 Å². The Bertz CT molecular complexity index is 887. The van der Waals surface area contributed by atoms with E-state index in [1.165, 1.54) is 35.5 Å². The summed E-state index contributed by atoms with van der Waals surface area (Å²) in [4.78, 5) is 12.4. The van der Waals surface area contributed by atoms with E-state index < -0.39 is 21.7 Å². The number of halogens is 1. The third-order valence-electron chi connectivity index (χ3n) is 3.94. The molecule has 0 spiro atoms. The molecule has 0 aliphatic heterocycles. The van der Waals surface area contributed by atoms with Crippen molar-refractivity contribution in [2.24, 2.45) is 0 Å². The molecule has 0 atom stereocenters. The highest BCUT2D eigenvalue weighted by Gasteiger charge is 2.30. The van der Waals surface area contributed by atoms with Crippen molar-refractivity contribution in [2.75, 3.05) is 19.7 Å². The number of aryl methyl sites for hydroxylation is 1. The minimum absolute atomic E-state index is 0.0383. The highest BCUT2D eigenvalue weighted by molar-refractivity contribution is 7.89. The molecule has 142 valence electrons. The Balaban J connectivity index is 2.26. The smallest absolute Gasteiger partial charge is 0.285 e. The Labute approximate surface area is 152 Å². The summed E-state index contributed by atoms with van der Waals surface area (Å²) in [5.74, 6) is -0.596. The van der Waals surface area contributed by atoms with Crippen LogP contribution in [0.3, 0.4) is 0 Å². The lowest BCUT2D eigenvalue weighted by Gasteiger charge is -2.18. The number of carbonyl (C=O) groups is 1. The fraction of sp³-hybridized carbons (Fsp3) is 0.412. The first-order chi connectivity index (χ1) is 12.2. The number of rotatable bonds is 7. The number of aromatic nitrogens is 2. The zero-order valence-electron chi connectivity index (χ0n) is 15.2. The Morgan fingerprint density at radius 1 is 1.19 bits per heavy atom. The van der Waals surface area contributed by atoms with Gasteiger partial charge in [-0.3, -0.25) is 4.79 Å². The third kappa shape index (κ3) is 3.94. The number of hydrogen-bond acceptors (Lipinski definition) is 5. The van der Waals surface area contributed by atoms with Crippen molar-refractivity contribution in [2.45, 2.75) is 32.6 Å². The van der Waals surface area contributed by atoms with Crippen LogP contribution in [0.2, 0.25) is 0 Å². The summed E-state index contributed by atoms with van der Waals surface area (Å²) in [5.41, 5.74) is 0.492. The molecular formula is C17H22FN3O4S. The summed E-state index contributed by atoms with van der Waals surface area (Å²) in [6.07, 6.45) is 0. The van der Waals surface area contributed by atoms with Gasteiger partial charge in [-0.15, -0.1) is 0 Å². The van der Waals surface area contributed by atoms with Crippen LogP contribution < -0.4 is 4.74 Å². The fourth-order valence-corrected chi connectivity index (χ4v) is 4.49. The van der Waals surface area contributed by atoms with Gasteiger partial charge in [0.1, 0.15) is 16.5 Å². The first-order valence-corrected chi connectivity index (χ1v) is 9.64. The molecular weight excluding hydrogens is 361 g/mol. The van der Waals surface area contributed by atoms with Crippen LogP contribution in [0.1, 0.15) is 30.0 Å². The van der Waals surface area contributed by atoms with E-state index in [0.717, 1.165) is 4.68 Å². The quantitative estimate of drug-likeness (QED) is 0.733. The SMILES string of the molecule is CCN(CC)S(=O)(=O)c1c(C)nn(C(=O)COc2ccc(F)cc2)c1C. The van der Waals surface area contributed by atoms with Gasteiger partial charge in [-0.25, -0.2) is 17.5 Å².